The van der Waals surface area contributed by atoms with E-state index in [1.54, 1.807) is 12.1 Å². The summed E-state index contributed by atoms with van der Waals surface area (Å²) in [6, 6.07) is 7.87. The summed E-state index contributed by atoms with van der Waals surface area (Å²) < 4.78 is 0. The van der Waals surface area contributed by atoms with E-state index in [-0.39, 0.29) is 0 Å². The molecular formula is C15H22N2O2. The smallest absolute Gasteiger partial charge is 0.335 e. The number of carboxylic acid groups (broad SMARTS) is 1. The zero-order chi connectivity index (χ0) is 13.7. The van der Waals surface area contributed by atoms with Crippen LogP contribution in [0.3, 0.4) is 0 Å². The Kier molecular flexibility index (Phi) is 4.93. The van der Waals surface area contributed by atoms with Crippen molar-refractivity contribution in [2.24, 2.45) is 0 Å². The van der Waals surface area contributed by atoms with Crippen LogP contribution in [0.2, 0.25) is 0 Å². The number of piperidine rings is 1. The molecule has 0 unspecified atom stereocenters. The summed E-state index contributed by atoms with van der Waals surface area (Å²) in [6.07, 6.45) is 2.39. The molecule has 104 valence electrons. The lowest BCUT2D eigenvalue weighted by Gasteiger charge is -2.33. The number of aromatic carboxylic acids is 1. The van der Waals surface area contributed by atoms with Gasteiger partial charge >= 0.3 is 5.97 Å². The topological polar surface area (TPSA) is 52.6 Å². The lowest BCUT2D eigenvalue weighted by atomic mass is 10.0. The summed E-state index contributed by atoms with van der Waals surface area (Å²) in [7, 11) is 0. The van der Waals surface area contributed by atoms with Crippen molar-refractivity contribution in [2.45, 2.75) is 32.4 Å². The van der Waals surface area contributed by atoms with E-state index in [4.69, 9.17) is 5.11 Å². The zero-order valence-corrected chi connectivity index (χ0v) is 11.4. The Bertz CT molecular complexity index is 411. The van der Waals surface area contributed by atoms with Gasteiger partial charge in [-0.15, -0.1) is 0 Å². The Morgan fingerprint density at radius 2 is 1.95 bits per heavy atom. The Labute approximate surface area is 114 Å². The highest BCUT2D eigenvalue weighted by molar-refractivity contribution is 5.87. The van der Waals surface area contributed by atoms with Gasteiger partial charge < -0.3 is 10.4 Å². The lowest BCUT2D eigenvalue weighted by molar-refractivity contribution is 0.0697. The van der Waals surface area contributed by atoms with Gasteiger partial charge in [-0.1, -0.05) is 19.1 Å². The van der Waals surface area contributed by atoms with Crippen molar-refractivity contribution in [1.82, 2.24) is 10.2 Å². The van der Waals surface area contributed by atoms with Crippen LogP contribution in [-0.4, -0.2) is 41.7 Å². The van der Waals surface area contributed by atoms with E-state index in [0.29, 0.717) is 11.6 Å². The van der Waals surface area contributed by atoms with Crippen LogP contribution < -0.4 is 5.32 Å². The zero-order valence-electron chi connectivity index (χ0n) is 11.4. The average molecular weight is 262 g/mol. The molecule has 0 atom stereocenters. The van der Waals surface area contributed by atoms with Crippen molar-refractivity contribution in [3.05, 3.63) is 35.4 Å². The Balaban J connectivity index is 1.99. The molecule has 1 heterocycles. The highest BCUT2D eigenvalue weighted by atomic mass is 16.4. The molecular weight excluding hydrogens is 240 g/mol. The van der Waals surface area contributed by atoms with Crippen LogP contribution in [0.15, 0.2) is 24.3 Å². The maximum atomic E-state index is 10.8. The summed E-state index contributed by atoms with van der Waals surface area (Å²) in [5, 5.41) is 12.3. The van der Waals surface area contributed by atoms with Gasteiger partial charge in [0.15, 0.2) is 0 Å². The first-order chi connectivity index (χ1) is 9.20. The normalized spacial score (nSPS) is 16.7. The predicted molar refractivity (Wildman–Crippen MR) is 75.4 cm³/mol. The highest BCUT2D eigenvalue weighted by Gasteiger charge is 2.19. The second kappa shape index (κ2) is 6.68. The molecule has 1 fully saturated rings. The molecule has 0 bridgehead atoms. The third kappa shape index (κ3) is 3.78. The number of benzene rings is 1. The minimum absolute atomic E-state index is 0.355. The maximum Gasteiger partial charge on any atom is 0.335 e. The summed E-state index contributed by atoms with van der Waals surface area (Å²) in [5.74, 6) is -0.864. The molecule has 0 aliphatic carbocycles. The predicted octanol–water partition coefficient (Wildman–Crippen LogP) is 1.96. The van der Waals surface area contributed by atoms with E-state index >= 15 is 0 Å². The Hall–Kier alpha value is -1.39. The highest BCUT2D eigenvalue weighted by Crippen LogP contribution is 2.15. The van der Waals surface area contributed by atoms with E-state index in [1.807, 2.05) is 12.1 Å². The minimum Gasteiger partial charge on any atom is -0.478 e. The van der Waals surface area contributed by atoms with Crippen LogP contribution in [0, 0.1) is 0 Å². The molecule has 1 aliphatic heterocycles. The number of nitrogens with one attached hydrogen (secondary N) is 1. The van der Waals surface area contributed by atoms with Crippen LogP contribution >= 0.6 is 0 Å². The molecule has 19 heavy (non-hydrogen) atoms. The number of hydrogen-bond donors (Lipinski definition) is 2. The van der Waals surface area contributed by atoms with Crippen molar-refractivity contribution in [2.75, 3.05) is 19.6 Å². The monoisotopic (exact) mass is 262 g/mol. The molecule has 0 saturated carbocycles. The van der Waals surface area contributed by atoms with Crippen molar-refractivity contribution < 1.29 is 9.90 Å². The van der Waals surface area contributed by atoms with Crippen LogP contribution in [0.1, 0.15) is 35.7 Å². The van der Waals surface area contributed by atoms with Gasteiger partial charge in [0.05, 0.1) is 5.56 Å². The number of hydrogen-bond acceptors (Lipinski definition) is 3. The largest absolute Gasteiger partial charge is 0.478 e. The third-order valence-corrected chi connectivity index (χ3v) is 3.82. The molecule has 0 amide bonds. The molecule has 0 spiro atoms. The van der Waals surface area contributed by atoms with E-state index < -0.39 is 5.97 Å². The van der Waals surface area contributed by atoms with E-state index in [1.165, 1.54) is 18.4 Å². The fourth-order valence-corrected chi connectivity index (χ4v) is 2.66. The van der Waals surface area contributed by atoms with Crippen LogP contribution in [-0.2, 0) is 6.54 Å². The first-order valence-corrected chi connectivity index (χ1v) is 6.97. The first kappa shape index (κ1) is 14.0. The molecule has 4 nitrogen and oxygen atoms in total. The summed E-state index contributed by atoms with van der Waals surface area (Å²) in [4.78, 5) is 13.3. The SMILES string of the molecule is CCN(Cc1ccc(C(=O)O)cc1)C1CCNCC1. The van der Waals surface area contributed by atoms with Crippen molar-refractivity contribution in [1.29, 1.82) is 0 Å². The fraction of sp³-hybridized carbons (Fsp3) is 0.533. The second-order valence-corrected chi connectivity index (χ2v) is 5.05. The molecule has 0 radical (unpaired) electrons. The Morgan fingerprint density at radius 3 is 2.47 bits per heavy atom. The average Bonchev–Trinajstić information content (AvgIpc) is 2.46. The molecule has 2 rings (SSSR count). The van der Waals surface area contributed by atoms with Crippen LogP contribution in [0.5, 0.6) is 0 Å². The van der Waals surface area contributed by atoms with Gasteiger partial charge in [-0.25, -0.2) is 4.79 Å². The van der Waals surface area contributed by atoms with E-state index in [2.05, 4.69) is 17.1 Å². The van der Waals surface area contributed by atoms with E-state index in [0.717, 1.165) is 26.2 Å². The fourth-order valence-electron chi connectivity index (χ4n) is 2.66. The van der Waals surface area contributed by atoms with Crippen LogP contribution in [0.4, 0.5) is 0 Å². The second-order valence-electron chi connectivity index (χ2n) is 5.05. The third-order valence-electron chi connectivity index (χ3n) is 3.82. The number of carboxylic acids is 1. The van der Waals surface area contributed by atoms with Gasteiger partial charge in [-0.3, -0.25) is 4.90 Å². The quantitative estimate of drug-likeness (QED) is 0.851. The number of carbonyl (C=O) groups is 1. The standard InChI is InChI=1S/C15H22N2O2/c1-2-17(14-7-9-16-10-8-14)11-12-3-5-13(6-4-12)15(18)19/h3-6,14,16H,2,7-11H2,1H3,(H,18,19). The summed E-state index contributed by atoms with van der Waals surface area (Å²) >= 11 is 0. The van der Waals surface area contributed by atoms with Gasteiger partial charge in [-0.2, -0.15) is 0 Å². The van der Waals surface area contributed by atoms with Crippen molar-refractivity contribution in [3.8, 4) is 0 Å². The van der Waals surface area contributed by atoms with E-state index in [9.17, 15) is 4.79 Å². The van der Waals surface area contributed by atoms with Crippen molar-refractivity contribution >= 4 is 5.97 Å². The summed E-state index contributed by atoms with van der Waals surface area (Å²) in [6.45, 7) is 6.32. The number of rotatable bonds is 5. The van der Waals surface area contributed by atoms with Crippen LogP contribution in [0.25, 0.3) is 0 Å². The molecule has 1 aromatic carbocycles. The molecule has 1 aromatic rings. The summed E-state index contributed by atoms with van der Waals surface area (Å²) in [5.41, 5.74) is 1.54. The molecule has 2 N–H and O–H groups in total. The van der Waals surface area contributed by atoms with Gasteiger partial charge in [0.25, 0.3) is 0 Å². The van der Waals surface area contributed by atoms with Gasteiger partial charge in [0, 0.05) is 12.6 Å². The van der Waals surface area contributed by atoms with Gasteiger partial charge in [0.1, 0.15) is 0 Å². The Morgan fingerprint density at radius 1 is 1.32 bits per heavy atom. The van der Waals surface area contributed by atoms with Gasteiger partial charge in [-0.05, 0) is 50.2 Å². The molecule has 1 saturated heterocycles. The maximum absolute atomic E-state index is 10.8. The number of nitrogens with zero attached hydrogens (tertiary/aromatic N) is 1. The molecule has 0 aromatic heterocycles. The van der Waals surface area contributed by atoms with Crippen molar-refractivity contribution in [3.63, 3.8) is 0 Å². The first-order valence-electron chi connectivity index (χ1n) is 6.97. The van der Waals surface area contributed by atoms with Gasteiger partial charge in [0.2, 0.25) is 0 Å². The minimum atomic E-state index is -0.864. The molecule has 1 aliphatic rings. The lowest BCUT2D eigenvalue weighted by Crippen LogP contribution is -2.42. The molecule has 4 heteroatoms.